The number of carbonyl (C=O) groups is 1. The van der Waals surface area contributed by atoms with E-state index in [1.165, 1.54) is 6.07 Å². The topological polar surface area (TPSA) is 80.5 Å². The molecule has 1 aliphatic rings. The Kier molecular flexibility index (Phi) is 6.27. The van der Waals surface area contributed by atoms with E-state index in [0.717, 1.165) is 37.2 Å². The third kappa shape index (κ3) is 5.08. The molecule has 0 radical (unpaired) electrons. The second kappa shape index (κ2) is 9.26. The minimum absolute atomic E-state index is 0.152. The number of amides is 1. The highest BCUT2D eigenvalue weighted by Gasteiger charge is 2.26. The summed E-state index contributed by atoms with van der Waals surface area (Å²) in [5.74, 6) is 1.66. The van der Waals surface area contributed by atoms with Gasteiger partial charge in [-0.2, -0.15) is 4.98 Å². The van der Waals surface area contributed by atoms with Gasteiger partial charge in [0.05, 0.1) is 13.7 Å². The van der Waals surface area contributed by atoms with Crippen molar-refractivity contribution in [3.05, 3.63) is 59.7 Å². The van der Waals surface area contributed by atoms with Gasteiger partial charge in [-0.05, 0) is 74.8 Å². The van der Waals surface area contributed by atoms with Gasteiger partial charge >= 0.3 is 0 Å². The molecular formula is C23H25FN4O3. The molecule has 0 spiro atoms. The molecule has 1 amide bonds. The lowest BCUT2D eigenvalue weighted by Gasteiger charge is -2.29. The first kappa shape index (κ1) is 21.0. The molecule has 0 bridgehead atoms. The van der Waals surface area contributed by atoms with Gasteiger partial charge in [-0.15, -0.1) is 0 Å². The number of piperidine rings is 1. The van der Waals surface area contributed by atoms with Crippen LogP contribution in [-0.4, -0.2) is 47.7 Å². The number of halogens is 1. The van der Waals surface area contributed by atoms with Gasteiger partial charge in [0.2, 0.25) is 17.6 Å². The lowest BCUT2D eigenvalue weighted by Crippen LogP contribution is -2.38. The third-order valence-electron chi connectivity index (χ3n) is 5.55. The lowest BCUT2D eigenvalue weighted by atomic mass is 9.97. The standard InChI is InChI=1S/C23H25FN4O3/c1-15-3-6-18(13-20(15)24)25-21(29)14-28-11-9-17(10-12-28)23-26-22(27-31-23)16-4-7-19(30-2)8-5-16/h3-8,13,17H,9-12,14H2,1-2H3,(H,25,29). The van der Waals surface area contributed by atoms with Gasteiger partial charge in [0.1, 0.15) is 11.6 Å². The Bertz CT molecular complexity index is 1040. The number of nitrogens with zero attached hydrogens (tertiary/aromatic N) is 3. The summed E-state index contributed by atoms with van der Waals surface area (Å²) >= 11 is 0. The molecule has 7 nitrogen and oxygen atoms in total. The van der Waals surface area contributed by atoms with Crippen molar-refractivity contribution in [2.24, 2.45) is 0 Å². The van der Waals surface area contributed by atoms with Crippen LogP contribution in [0.5, 0.6) is 5.75 Å². The van der Waals surface area contributed by atoms with Crippen LogP contribution < -0.4 is 10.1 Å². The van der Waals surface area contributed by atoms with Crippen molar-refractivity contribution in [2.45, 2.75) is 25.7 Å². The first-order chi connectivity index (χ1) is 15.0. The molecule has 2 aromatic carbocycles. The van der Waals surface area contributed by atoms with Crippen LogP contribution >= 0.6 is 0 Å². The van der Waals surface area contributed by atoms with Crippen LogP contribution in [0, 0.1) is 12.7 Å². The maximum Gasteiger partial charge on any atom is 0.238 e. The summed E-state index contributed by atoms with van der Waals surface area (Å²) < 4.78 is 24.3. The predicted octanol–water partition coefficient (Wildman–Crippen LogP) is 4.01. The Labute approximate surface area is 180 Å². The summed E-state index contributed by atoms with van der Waals surface area (Å²) in [6, 6.07) is 12.2. The van der Waals surface area contributed by atoms with Crippen molar-refractivity contribution in [2.75, 3.05) is 32.1 Å². The van der Waals surface area contributed by atoms with Crippen LogP contribution in [0.3, 0.4) is 0 Å². The highest BCUT2D eigenvalue weighted by Crippen LogP contribution is 2.29. The van der Waals surface area contributed by atoms with Gasteiger partial charge in [-0.25, -0.2) is 4.39 Å². The number of nitrogens with one attached hydrogen (secondary N) is 1. The first-order valence-electron chi connectivity index (χ1n) is 10.3. The summed E-state index contributed by atoms with van der Waals surface area (Å²) in [7, 11) is 1.62. The number of anilines is 1. The number of ether oxygens (including phenoxy) is 1. The quantitative estimate of drug-likeness (QED) is 0.644. The van der Waals surface area contributed by atoms with Gasteiger partial charge in [-0.3, -0.25) is 9.69 Å². The molecule has 1 aliphatic heterocycles. The average Bonchev–Trinajstić information content (AvgIpc) is 3.27. The molecule has 0 aliphatic carbocycles. The van der Waals surface area contributed by atoms with Gasteiger partial charge < -0.3 is 14.6 Å². The van der Waals surface area contributed by atoms with E-state index in [1.807, 2.05) is 24.3 Å². The summed E-state index contributed by atoms with van der Waals surface area (Å²) in [4.78, 5) is 19.0. The Hall–Kier alpha value is -3.26. The predicted molar refractivity (Wildman–Crippen MR) is 114 cm³/mol. The van der Waals surface area contributed by atoms with Crippen molar-refractivity contribution in [3.63, 3.8) is 0 Å². The number of benzene rings is 2. The van der Waals surface area contributed by atoms with Crippen molar-refractivity contribution in [3.8, 4) is 17.1 Å². The minimum Gasteiger partial charge on any atom is -0.497 e. The van der Waals surface area contributed by atoms with Gasteiger partial charge in [-0.1, -0.05) is 11.2 Å². The van der Waals surface area contributed by atoms with Crippen LogP contribution in [-0.2, 0) is 4.79 Å². The molecule has 1 saturated heterocycles. The molecule has 8 heteroatoms. The molecule has 4 rings (SSSR count). The van der Waals surface area contributed by atoms with Crippen LogP contribution in [0.15, 0.2) is 47.0 Å². The number of hydrogen-bond acceptors (Lipinski definition) is 6. The zero-order valence-electron chi connectivity index (χ0n) is 17.6. The monoisotopic (exact) mass is 424 g/mol. The average molecular weight is 424 g/mol. The van der Waals surface area contributed by atoms with E-state index < -0.39 is 0 Å². The lowest BCUT2D eigenvalue weighted by molar-refractivity contribution is -0.117. The Balaban J connectivity index is 1.29. The van der Waals surface area contributed by atoms with E-state index in [4.69, 9.17) is 9.26 Å². The molecule has 3 aromatic rings. The molecule has 2 heterocycles. The molecule has 1 fully saturated rings. The van der Waals surface area contributed by atoms with Crippen LogP contribution in [0.25, 0.3) is 11.4 Å². The van der Waals surface area contributed by atoms with Crippen molar-refractivity contribution >= 4 is 11.6 Å². The fraction of sp³-hybridized carbons (Fsp3) is 0.348. The molecule has 0 saturated carbocycles. The third-order valence-corrected chi connectivity index (χ3v) is 5.55. The van der Waals surface area contributed by atoms with Crippen molar-refractivity contribution < 1.29 is 18.4 Å². The maximum absolute atomic E-state index is 13.6. The van der Waals surface area contributed by atoms with E-state index in [0.29, 0.717) is 23.0 Å². The fourth-order valence-electron chi connectivity index (χ4n) is 3.67. The molecule has 0 unspecified atom stereocenters. The van der Waals surface area contributed by atoms with E-state index in [-0.39, 0.29) is 24.2 Å². The maximum atomic E-state index is 13.6. The first-order valence-corrected chi connectivity index (χ1v) is 10.3. The van der Waals surface area contributed by atoms with E-state index in [2.05, 4.69) is 20.4 Å². The number of carbonyl (C=O) groups excluding carboxylic acids is 1. The van der Waals surface area contributed by atoms with Gasteiger partial charge in [0.25, 0.3) is 0 Å². The van der Waals surface area contributed by atoms with Crippen LogP contribution in [0.2, 0.25) is 0 Å². The Morgan fingerprint density at radius 3 is 2.65 bits per heavy atom. The van der Waals surface area contributed by atoms with Crippen LogP contribution in [0.4, 0.5) is 10.1 Å². The number of aryl methyl sites for hydroxylation is 1. The summed E-state index contributed by atoms with van der Waals surface area (Å²) in [5, 5.41) is 6.87. The normalized spacial score (nSPS) is 15.1. The molecule has 162 valence electrons. The number of hydrogen-bond donors (Lipinski definition) is 1. The van der Waals surface area contributed by atoms with E-state index in [1.54, 1.807) is 26.2 Å². The van der Waals surface area contributed by atoms with E-state index in [9.17, 15) is 9.18 Å². The molecular weight excluding hydrogens is 399 g/mol. The number of aromatic nitrogens is 2. The minimum atomic E-state index is -0.327. The summed E-state index contributed by atoms with van der Waals surface area (Å²) in [5.41, 5.74) is 1.90. The van der Waals surface area contributed by atoms with E-state index >= 15 is 0 Å². The Morgan fingerprint density at radius 2 is 1.97 bits per heavy atom. The zero-order chi connectivity index (χ0) is 21.8. The smallest absolute Gasteiger partial charge is 0.238 e. The van der Waals surface area contributed by atoms with Crippen molar-refractivity contribution in [1.82, 2.24) is 15.0 Å². The Morgan fingerprint density at radius 1 is 1.23 bits per heavy atom. The van der Waals surface area contributed by atoms with Gasteiger partial charge in [0, 0.05) is 17.2 Å². The highest BCUT2D eigenvalue weighted by atomic mass is 19.1. The molecule has 31 heavy (non-hydrogen) atoms. The summed E-state index contributed by atoms with van der Waals surface area (Å²) in [6.45, 7) is 3.46. The summed E-state index contributed by atoms with van der Waals surface area (Å²) in [6.07, 6.45) is 1.66. The fourth-order valence-corrected chi connectivity index (χ4v) is 3.67. The van der Waals surface area contributed by atoms with Gasteiger partial charge in [0.15, 0.2) is 0 Å². The number of rotatable bonds is 6. The molecule has 0 atom stereocenters. The molecule has 1 aromatic heterocycles. The second-order valence-corrected chi connectivity index (χ2v) is 7.75. The second-order valence-electron chi connectivity index (χ2n) is 7.75. The highest BCUT2D eigenvalue weighted by molar-refractivity contribution is 5.92. The SMILES string of the molecule is COc1ccc(-c2noc(C3CCN(CC(=O)Nc4ccc(C)c(F)c4)CC3)n2)cc1. The van der Waals surface area contributed by atoms with Crippen LogP contribution in [0.1, 0.15) is 30.2 Å². The number of likely N-dealkylation sites (tertiary alicyclic amines) is 1. The molecule has 1 N–H and O–H groups in total. The zero-order valence-corrected chi connectivity index (χ0v) is 17.6. The largest absolute Gasteiger partial charge is 0.497 e. The van der Waals surface area contributed by atoms with Crippen molar-refractivity contribution in [1.29, 1.82) is 0 Å². The number of methoxy groups -OCH3 is 1.